The second-order valence-corrected chi connectivity index (χ2v) is 27.9. The summed E-state index contributed by atoms with van der Waals surface area (Å²) in [5, 5.41) is 2.62. The molecular formula is C74H108N4O4S2. The molecule has 0 aliphatic rings. The topological polar surface area (TPSA) is 110 Å². The minimum atomic E-state index is -0.336. The molecule has 0 radical (unpaired) electrons. The maximum absolute atomic E-state index is 16.0. The average molecular weight is 1180 g/mol. The smallest absolute Gasteiger partial charge is 0.263 e. The Kier molecular flexibility index (Phi) is 27.5. The molecule has 0 spiro atoms. The maximum atomic E-state index is 16.0. The Balaban J connectivity index is 1.23. The van der Waals surface area contributed by atoms with Crippen LogP contribution in [0, 0.1) is 11.8 Å². The summed E-state index contributed by atoms with van der Waals surface area (Å²) in [4.78, 5) is 71.2. The van der Waals surface area contributed by atoms with Gasteiger partial charge in [0.15, 0.2) is 0 Å². The summed E-state index contributed by atoms with van der Waals surface area (Å²) < 4.78 is 6.68. The Labute approximate surface area is 511 Å². The first-order valence-electron chi connectivity index (χ1n) is 34.8. The molecule has 460 valence electrons. The Bertz CT molecular complexity index is 3120. The molecule has 0 aliphatic heterocycles. The lowest BCUT2D eigenvalue weighted by Gasteiger charge is -2.22. The number of nitrogens with one attached hydrogen (secondary N) is 2. The van der Waals surface area contributed by atoms with Gasteiger partial charge in [-0.3, -0.25) is 28.3 Å². The molecule has 4 aromatic heterocycles. The molecule has 8 rings (SSSR count). The summed E-state index contributed by atoms with van der Waals surface area (Å²) in [5.74, 6) is 0.331. The summed E-state index contributed by atoms with van der Waals surface area (Å²) in [6.45, 7) is 9.80. The van der Waals surface area contributed by atoms with Gasteiger partial charge < -0.3 is 9.97 Å². The molecule has 0 saturated carbocycles. The van der Waals surface area contributed by atoms with Gasteiger partial charge in [0.25, 0.3) is 22.2 Å². The summed E-state index contributed by atoms with van der Waals surface area (Å²) in [6.07, 6.45) is 49.0. The van der Waals surface area contributed by atoms with E-state index in [-0.39, 0.29) is 34.1 Å². The summed E-state index contributed by atoms with van der Waals surface area (Å²) in [6, 6.07) is 16.2. The lowest BCUT2D eigenvalue weighted by Crippen LogP contribution is -2.38. The zero-order valence-electron chi connectivity index (χ0n) is 52.8. The van der Waals surface area contributed by atoms with Crippen molar-refractivity contribution in [3.63, 3.8) is 0 Å². The predicted octanol–water partition coefficient (Wildman–Crippen LogP) is 22.5. The normalized spacial score (nSPS) is 13.0. The van der Waals surface area contributed by atoms with E-state index in [9.17, 15) is 0 Å². The zero-order valence-corrected chi connectivity index (χ0v) is 54.4. The van der Waals surface area contributed by atoms with Crippen LogP contribution in [0.25, 0.3) is 73.2 Å². The number of hydrogen-bond donors (Lipinski definition) is 2. The van der Waals surface area contributed by atoms with Crippen molar-refractivity contribution in [3.8, 4) is 0 Å². The molecule has 84 heavy (non-hydrogen) atoms. The van der Waals surface area contributed by atoms with Gasteiger partial charge in [0, 0.05) is 33.3 Å². The molecule has 0 bridgehead atoms. The van der Waals surface area contributed by atoms with Gasteiger partial charge in [0.2, 0.25) is 0 Å². The van der Waals surface area contributed by atoms with Crippen LogP contribution in [-0.2, 0) is 13.1 Å². The lowest BCUT2D eigenvalue weighted by molar-refractivity contribution is 0.350. The van der Waals surface area contributed by atoms with E-state index in [2.05, 4.69) is 49.8 Å². The molecule has 2 N–H and O–H groups in total. The Hall–Kier alpha value is -4.54. The molecule has 2 unspecified atom stereocenters. The fourth-order valence-corrected chi connectivity index (χ4v) is 16.5. The number of rotatable bonds is 44. The first kappa shape index (κ1) is 65.4. The molecule has 4 aromatic carbocycles. The minimum Gasteiger partial charge on any atom is -0.351 e. The molecule has 0 fully saturated rings. The highest BCUT2D eigenvalue weighted by atomic mass is 32.1. The Morgan fingerprint density at radius 1 is 0.321 bits per heavy atom. The number of unbranched alkanes of at least 4 members (excludes halogenated alkanes) is 32. The number of H-pyrrole nitrogens is 2. The third-order valence-corrected chi connectivity index (χ3v) is 21.6. The number of nitrogens with zero attached hydrogens (tertiary/aromatic N) is 2. The van der Waals surface area contributed by atoms with Crippen molar-refractivity contribution in [2.45, 2.75) is 298 Å². The molecule has 0 aliphatic carbocycles. The number of pyridine rings is 2. The van der Waals surface area contributed by atoms with Crippen molar-refractivity contribution in [1.29, 1.82) is 0 Å². The third-order valence-electron chi connectivity index (χ3n) is 19.0. The average Bonchev–Trinajstić information content (AvgIpc) is 0.721. The quantitative estimate of drug-likeness (QED) is 0.0225. The molecule has 2 atom stereocenters. The van der Waals surface area contributed by atoms with Crippen molar-refractivity contribution in [2.24, 2.45) is 11.8 Å². The highest BCUT2D eigenvalue weighted by molar-refractivity contribution is 7.37. The molecular weight excluding hydrogens is 1070 g/mol. The van der Waals surface area contributed by atoms with E-state index in [0.29, 0.717) is 56.4 Å². The van der Waals surface area contributed by atoms with E-state index in [0.717, 1.165) is 94.0 Å². The predicted molar refractivity (Wildman–Crippen MR) is 369 cm³/mol. The maximum Gasteiger partial charge on any atom is 0.263 e. The van der Waals surface area contributed by atoms with E-state index in [1.807, 2.05) is 36.4 Å². The third kappa shape index (κ3) is 17.4. The van der Waals surface area contributed by atoms with Crippen LogP contribution in [-0.4, -0.2) is 19.1 Å². The van der Waals surface area contributed by atoms with Gasteiger partial charge in [0.1, 0.15) is 0 Å². The minimum absolute atomic E-state index is 0.165. The van der Waals surface area contributed by atoms with Gasteiger partial charge in [-0.25, -0.2) is 0 Å². The van der Waals surface area contributed by atoms with Crippen molar-refractivity contribution in [3.05, 3.63) is 89.9 Å². The lowest BCUT2D eigenvalue weighted by atomic mass is 9.92. The highest BCUT2D eigenvalue weighted by Crippen LogP contribution is 2.45. The van der Waals surface area contributed by atoms with Gasteiger partial charge in [0.05, 0.1) is 53.0 Å². The zero-order chi connectivity index (χ0) is 58.9. The summed E-state index contributed by atoms with van der Waals surface area (Å²) >= 11 is 3.10. The van der Waals surface area contributed by atoms with Crippen LogP contribution in [0.2, 0.25) is 0 Å². The van der Waals surface area contributed by atoms with Crippen molar-refractivity contribution >= 4 is 95.9 Å². The second kappa shape index (κ2) is 35.3. The Morgan fingerprint density at radius 3 is 0.857 bits per heavy atom. The van der Waals surface area contributed by atoms with E-state index in [4.69, 9.17) is 0 Å². The standard InChI is InChI=1S/C74H108N4O4S2/c1-5-9-13-17-21-25-27-31-35-39-47-55(45-37-33-29-23-19-15-11-7-3)53-77-71(79)63-61-62-64(68-67(63)75-57-49-41-42-50-58(57)76-68)72(80)78(74(82)66(62)70-69(65(61)73(77)81)83-59-51-43-44-52-60(59)84-70)54-56(46-38-34-30-24-20-16-12-8-4)48-40-36-32-28-26-22-18-14-10-6-2/h41-44,49-52,55-56,75-76H,5-40,45-48,53-54H2,1-4H3. The number of fused-ring (bicyclic) bond motifs is 8. The van der Waals surface area contributed by atoms with Crippen molar-refractivity contribution < 1.29 is 0 Å². The number of benzene rings is 4. The number of aromatic amines is 2. The second-order valence-electron chi connectivity index (χ2n) is 25.7. The van der Waals surface area contributed by atoms with Gasteiger partial charge in [-0.15, -0.1) is 22.7 Å². The SMILES string of the molecule is CCCCCCCCCCCCC(CCCCCCCCCC)Cn1c(=O)c2c3[nH]c4ccccc4[nH]c3c3c(=O)n(CC(CCCCCCCCCC)CCCCCCCCCCCC)c(=O)c4c5sc6ccccc6sc5c(c1=O)c2c34. The van der Waals surface area contributed by atoms with Crippen molar-refractivity contribution in [2.75, 3.05) is 0 Å². The summed E-state index contributed by atoms with van der Waals surface area (Å²) in [7, 11) is 0. The van der Waals surface area contributed by atoms with Gasteiger partial charge >= 0.3 is 0 Å². The monoisotopic (exact) mass is 1180 g/mol. The molecule has 10 heteroatoms. The molecule has 0 amide bonds. The van der Waals surface area contributed by atoms with E-state index in [1.54, 1.807) is 31.8 Å². The number of aromatic nitrogens is 4. The van der Waals surface area contributed by atoms with Crippen LogP contribution in [0.15, 0.2) is 67.7 Å². The van der Waals surface area contributed by atoms with Crippen LogP contribution in [0.4, 0.5) is 0 Å². The highest BCUT2D eigenvalue weighted by Gasteiger charge is 2.30. The van der Waals surface area contributed by atoms with Crippen molar-refractivity contribution in [1.82, 2.24) is 19.1 Å². The fraction of sp³-hybridized carbons (Fsp3) is 0.649. The first-order valence-corrected chi connectivity index (χ1v) is 36.5. The van der Waals surface area contributed by atoms with Crippen LogP contribution >= 0.6 is 22.7 Å². The van der Waals surface area contributed by atoms with E-state index < -0.39 is 0 Å². The van der Waals surface area contributed by atoms with Crippen LogP contribution in [0.5, 0.6) is 0 Å². The van der Waals surface area contributed by atoms with Crippen LogP contribution < -0.4 is 22.2 Å². The van der Waals surface area contributed by atoms with Crippen LogP contribution in [0.3, 0.4) is 0 Å². The fourth-order valence-electron chi connectivity index (χ4n) is 14.0. The Morgan fingerprint density at radius 2 is 0.571 bits per heavy atom. The van der Waals surface area contributed by atoms with E-state index >= 15 is 19.2 Å². The van der Waals surface area contributed by atoms with Gasteiger partial charge in [-0.05, 0) is 61.8 Å². The van der Waals surface area contributed by atoms with Gasteiger partial charge in [-0.1, -0.05) is 283 Å². The molecule has 4 heterocycles. The molecule has 0 saturated heterocycles. The number of para-hydroxylation sites is 2. The molecule has 8 nitrogen and oxygen atoms in total. The van der Waals surface area contributed by atoms with Crippen LogP contribution in [0.1, 0.15) is 285 Å². The first-order chi connectivity index (χ1) is 41.3. The summed E-state index contributed by atoms with van der Waals surface area (Å²) in [5.41, 5.74) is 1.38. The van der Waals surface area contributed by atoms with Gasteiger partial charge in [-0.2, -0.15) is 0 Å². The molecule has 8 aromatic rings. The van der Waals surface area contributed by atoms with E-state index in [1.165, 1.54) is 193 Å². The number of hydrogen-bond acceptors (Lipinski definition) is 6. The largest absolute Gasteiger partial charge is 0.351 e.